The van der Waals surface area contributed by atoms with Crippen LogP contribution in [0.15, 0.2) is 23.2 Å². The third kappa shape index (κ3) is 4.14. The third-order valence-electron chi connectivity index (χ3n) is 2.81. The van der Waals surface area contributed by atoms with Crippen molar-refractivity contribution in [3.8, 4) is 0 Å². The van der Waals surface area contributed by atoms with E-state index in [1.165, 1.54) is 6.26 Å². The summed E-state index contributed by atoms with van der Waals surface area (Å²) in [5, 5.41) is 0. The lowest BCUT2D eigenvalue weighted by Gasteiger charge is -2.26. The Morgan fingerprint density at radius 3 is 2.68 bits per heavy atom. The van der Waals surface area contributed by atoms with E-state index in [2.05, 4.69) is 4.98 Å². The highest BCUT2D eigenvalue weighted by atomic mass is 32.2. The molecular formula is C12H19N3O2S2. The molecule has 1 atom stereocenters. The zero-order valence-electron chi connectivity index (χ0n) is 11.3. The molecule has 2 N–H and O–H groups in total. The number of nitrogens with zero attached hydrogens (tertiary/aromatic N) is 2. The summed E-state index contributed by atoms with van der Waals surface area (Å²) < 4.78 is 23.6. The van der Waals surface area contributed by atoms with Gasteiger partial charge in [-0.05, 0) is 19.1 Å². The normalized spacial score (nSPS) is 13.0. The number of rotatable bonds is 6. The number of aromatic nitrogens is 1. The van der Waals surface area contributed by atoms with Gasteiger partial charge in [-0.2, -0.15) is 0 Å². The van der Waals surface area contributed by atoms with Gasteiger partial charge in [0.05, 0.1) is 4.99 Å². The first-order valence-electron chi connectivity index (χ1n) is 5.96. The second-order valence-corrected chi connectivity index (χ2v) is 6.89. The number of pyridine rings is 1. The van der Waals surface area contributed by atoms with Gasteiger partial charge in [0, 0.05) is 31.5 Å². The number of anilines is 1. The molecule has 0 saturated carbocycles. The van der Waals surface area contributed by atoms with E-state index in [1.54, 1.807) is 18.3 Å². The number of thiocarbonyl (C=S) groups is 1. The van der Waals surface area contributed by atoms with Crippen LogP contribution in [0, 0.1) is 5.92 Å². The van der Waals surface area contributed by atoms with Crippen molar-refractivity contribution in [3.05, 3.63) is 18.3 Å². The van der Waals surface area contributed by atoms with Crippen molar-refractivity contribution in [2.75, 3.05) is 24.2 Å². The van der Waals surface area contributed by atoms with E-state index in [9.17, 15) is 8.42 Å². The molecule has 0 amide bonds. The van der Waals surface area contributed by atoms with E-state index in [0.29, 0.717) is 23.9 Å². The van der Waals surface area contributed by atoms with Crippen molar-refractivity contribution >= 4 is 32.9 Å². The summed E-state index contributed by atoms with van der Waals surface area (Å²) in [6.45, 7) is 5.03. The molecule has 0 spiro atoms. The minimum atomic E-state index is -3.31. The standard InChI is InChI=1S/C12H19N3O2S2/c1-4-15(8-9(2)11(13)18)12-10(19(3,16)17)6-5-7-14-12/h5-7,9H,4,8H2,1-3H3,(H2,13,18). The molecule has 5 nitrogen and oxygen atoms in total. The van der Waals surface area contributed by atoms with Crippen LogP contribution in [0.2, 0.25) is 0 Å². The average Bonchev–Trinajstić information content (AvgIpc) is 2.34. The summed E-state index contributed by atoms with van der Waals surface area (Å²) in [6, 6.07) is 3.18. The van der Waals surface area contributed by atoms with E-state index in [4.69, 9.17) is 18.0 Å². The molecular weight excluding hydrogens is 282 g/mol. The second kappa shape index (κ2) is 6.29. The largest absolute Gasteiger partial charge is 0.393 e. The second-order valence-electron chi connectivity index (χ2n) is 4.44. The van der Waals surface area contributed by atoms with Crippen LogP contribution in [-0.4, -0.2) is 37.7 Å². The smallest absolute Gasteiger partial charge is 0.179 e. The lowest BCUT2D eigenvalue weighted by molar-refractivity contribution is 0.600. The fourth-order valence-electron chi connectivity index (χ4n) is 1.70. The summed E-state index contributed by atoms with van der Waals surface area (Å²) in [6.07, 6.45) is 2.76. The number of hydrogen-bond donors (Lipinski definition) is 1. The van der Waals surface area contributed by atoms with Crippen molar-refractivity contribution < 1.29 is 8.42 Å². The molecule has 0 bridgehead atoms. The van der Waals surface area contributed by atoms with Crippen molar-refractivity contribution in [1.29, 1.82) is 0 Å². The lowest BCUT2D eigenvalue weighted by atomic mass is 10.1. The molecule has 106 valence electrons. The van der Waals surface area contributed by atoms with Crippen molar-refractivity contribution in [2.24, 2.45) is 11.7 Å². The van der Waals surface area contributed by atoms with Gasteiger partial charge in [-0.15, -0.1) is 0 Å². The summed E-state index contributed by atoms with van der Waals surface area (Å²) >= 11 is 4.95. The van der Waals surface area contributed by atoms with Gasteiger partial charge < -0.3 is 10.6 Å². The van der Waals surface area contributed by atoms with Gasteiger partial charge in [-0.3, -0.25) is 0 Å². The van der Waals surface area contributed by atoms with Crippen LogP contribution in [0.3, 0.4) is 0 Å². The highest BCUT2D eigenvalue weighted by Gasteiger charge is 2.20. The molecule has 0 aliphatic carbocycles. The van der Waals surface area contributed by atoms with Gasteiger partial charge in [0.25, 0.3) is 0 Å². The Balaban J connectivity index is 3.16. The monoisotopic (exact) mass is 301 g/mol. The Morgan fingerprint density at radius 1 is 1.58 bits per heavy atom. The van der Waals surface area contributed by atoms with Gasteiger partial charge in [-0.25, -0.2) is 13.4 Å². The highest BCUT2D eigenvalue weighted by Crippen LogP contribution is 2.22. The van der Waals surface area contributed by atoms with E-state index in [0.717, 1.165) is 0 Å². The van der Waals surface area contributed by atoms with Gasteiger partial charge in [0.1, 0.15) is 10.7 Å². The Labute approximate surface area is 119 Å². The Hall–Kier alpha value is -1.21. The predicted molar refractivity (Wildman–Crippen MR) is 81.2 cm³/mol. The molecule has 0 saturated heterocycles. The van der Waals surface area contributed by atoms with Crippen LogP contribution in [0.25, 0.3) is 0 Å². The first kappa shape index (κ1) is 15.8. The number of hydrogen-bond acceptors (Lipinski definition) is 5. The zero-order valence-corrected chi connectivity index (χ0v) is 13.0. The molecule has 19 heavy (non-hydrogen) atoms. The molecule has 1 unspecified atom stereocenters. The fraction of sp³-hybridized carbons (Fsp3) is 0.500. The number of nitrogens with two attached hydrogens (primary N) is 1. The molecule has 0 fully saturated rings. The number of sulfone groups is 1. The Kier molecular flexibility index (Phi) is 5.25. The van der Waals surface area contributed by atoms with E-state index < -0.39 is 9.84 Å². The van der Waals surface area contributed by atoms with Gasteiger partial charge in [-0.1, -0.05) is 19.1 Å². The maximum Gasteiger partial charge on any atom is 0.179 e. The third-order valence-corrected chi connectivity index (χ3v) is 4.33. The van der Waals surface area contributed by atoms with Gasteiger partial charge in [0.15, 0.2) is 9.84 Å². The molecule has 1 aromatic rings. The lowest BCUT2D eigenvalue weighted by Crippen LogP contribution is -2.35. The molecule has 0 aromatic carbocycles. The van der Waals surface area contributed by atoms with Crippen molar-refractivity contribution in [1.82, 2.24) is 4.98 Å². The van der Waals surface area contributed by atoms with Crippen LogP contribution >= 0.6 is 12.2 Å². The molecule has 0 aliphatic heterocycles. The molecule has 7 heteroatoms. The topological polar surface area (TPSA) is 76.3 Å². The summed E-state index contributed by atoms with van der Waals surface area (Å²) in [7, 11) is -3.31. The van der Waals surface area contributed by atoms with Crippen LogP contribution in [0.1, 0.15) is 13.8 Å². The molecule has 1 heterocycles. The molecule has 0 aliphatic rings. The molecule has 1 aromatic heterocycles. The SMILES string of the molecule is CCN(CC(C)C(N)=S)c1ncccc1S(C)(=O)=O. The van der Waals surface area contributed by atoms with Crippen molar-refractivity contribution in [2.45, 2.75) is 18.7 Å². The minimum Gasteiger partial charge on any atom is -0.393 e. The highest BCUT2D eigenvalue weighted by molar-refractivity contribution is 7.90. The summed E-state index contributed by atoms with van der Waals surface area (Å²) in [4.78, 5) is 6.71. The van der Waals surface area contributed by atoms with Gasteiger partial charge >= 0.3 is 0 Å². The van der Waals surface area contributed by atoms with Crippen LogP contribution in [0.5, 0.6) is 0 Å². The van der Waals surface area contributed by atoms with Crippen molar-refractivity contribution in [3.63, 3.8) is 0 Å². The summed E-state index contributed by atoms with van der Waals surface area (Å²) in [5.74, 6) is 0.444. The van der Waals surface area contributed by atoms with Crippen LogP contribution in [0.4, 0.5) is 5.82 Å². The van der Waals surface area contributed by atoms with Crippen LogP contribution < -0.4 is 10.6 Å². The Bertz CT molecular complexity index is 558. The maximum absolute atomic E-state index is 11.8. The maximum atomic E-state index is 11.8. The zero-order chi connectivity index (χ0) is 14.6. The van der Waals surface area contributed by atoms with E-state index in [1.807, 2.05) is 18.7 Å². The first-order chi connectivity index (χ1) is 8.77. The minimum absolute atomic E-state index is 0.00985. The fourth-order valence-corrected chi connectivity index (χ4v) is 2.61. The van der Waals surface area contributed by atoms with E-state index >= 15 is 0 Å². The first-order valence-corrected chi connectivity index (χ1v) is 8.26. The average molecular weight is 301 g/mol. The summed E-state index contributed by atoms with van der Waals surface area (Å²) in [5.41, 5.74) is 5.61. The predicted octanol–water partition coefficient (Wildman–Crippen LogP) is 1.23. The molecule has 0 radical (unpaired) electrons. The molecule has 1 rings (SSSR count). The quantitative estimate of drug-likeness (QED) is 0.797. The van der Waals surface area contributed by atoms with Gasteiger partial charge in [0.2, 0.25) is 0 Å². The van der Waals surface area contributed by atoms with Crippen LogP contribution in [-0.2, 0) is 9.84 Å². The Morgan fingerprint density at radius 2 is 2.21 bits per heavy atom. The van der Waals surface area contributed by atoms with E-state index in [-0.39, 0.29) is 10.8 Å².